The van der Waals surface area contributed by atoms with Crippen LogP contribution in [-0.2, 0) is 38.8 Å². The molecule has 0 saturated carbocycles. The maximum atomic E-state index is 14.0. The second-order valence-electron chi connectivity index (χ2n) is 10.7. The lowest BCUT2D eigenvalue weighted by atomic mass is 10.0. The number of anilines is 1. The van der Waals surface area contributed by atoms with Crippen LogP contribution in [0.2, 0.25) is 10.0 Å². The Morgan fingerprint density at radius 3 is 2.16 bits per heavy atom. The molecule has 2 amide bonds. The maximum Gasteiger partial charge on any atom is 0.416 e. The largest absolute Gasteiger partial charge is 0.416 e. The molecule has 0 aromatic heterocycles. The molecular formula is C32H36Cl2F3N3O4S. The lowest BCUT2D eigenvalue weighted by Crippen LogP contribution is -2.52. The number of carbonyl (C=O) groups excluding carboxylic acids is 2. The fourth-order valence-corrected chi connectivity index (χ4v) is 6.16. The number of rotatable bonds is 14. The first kappa shape index (κ1) is 36.2. The van der Waals surface area contributed by atoms with E-state index in [2.05, 4.69) is 5.32 Å². The standard InChI is InChI=1S/C32H36Cl2F3N3O4S/c1-4-22(2)38-31(42)29(19-23-11-6-5-7-12-23)39(21-26-27(33)15-9-16-28(26)34)30(41)17-10-18-40(45(3,43)44)25-14-8-13-24(20-25)32(35,36)37/h5-9,11-16,20,22,29H,4,10,17-19,21H2,1-3H3,(H,38,42)/t22-,29+/m0/s1. The predicted molar refractivity (Wildman–Crippen MR) is 172 cm³/mol. The molecule has 0 saturated heterocycles. The van der Waals surface area contributed by atoms with Gasteiger partial charge in [0.1, 0.15) is 6.04 Å². The number of sulfonamides is 1. The summed E-state index contributed by atoms with van der Waals surface area (Å²) in [7, 11) is -4.00. The van der Waals surface area contributed by atoms with Crippen LogP contribution in [0.3, 0.4) is 0 Å². The summed E-state index contributed by atoms with van der Waals surface area (Å²) >= 11 is 12.9. The van der Waals surface area contributed by atoms with E-state index >= 15 is 0 Å². The highest BCUT2D eigenvalue weighted by molar-refractivity contribution is 7.92. The molecule has 1 N–H and O–H groups in total. The van der Waals surface area contributed by atoms with Crippen molar-refractivity contribution in [1.82, 2.24) is 10.2 Å². The second-order valence-corrected chi connectivity index (χ2v) is 13.5. The predicted octanol–water partition coefficient (Wildman–Crippen LogP) is 7.11. The number of alkyl halides is 3. The van der Waals surface area contributed by atoms with Crippen molar-refractivity contribution in [2.24, 2.45) is 0 Å². The van der Waals surface area contributed by atoms with Gasteiger partial charge in [0.2, 0.25) is 21.8 Å². The number of carbonyl (C=O) groups is 2. The van der Waals surface area contributed by atoms with Gasteiger partial charge in [0, 0.05) is 47.6 Å². The second kappa shape index (κ2) is 15.8. The van der Waals surface area contributed by atoms with Crippen LogP contribution in [0, 0.1) is 0 Å². The molecule has 0 unspecified atom stereocenters. The molecule has 45 heavy (non-hydrogen) atoms. The van der Waals surface area contributed by atoms with Crippen LogP contribution in [0.1, 0.15) is 49.8 Å². The van der Waals surface area contributed by atoms with Crippen LogP contribution in [0.15, 0.2) is 72.8 Å². The van der Waals surface area contributed by atoms with Crippen molar-refractivity contribution in [3.05, 3.63) is 99.5 Å². The lowest BCUT2D eigenvalue weighted by Gasteiger charge is -2.33. The molecule has 13 heteroatoms. The normalized spacial score (nSPS) is 13.2. The molecule has 0 radical (unpaired) electrons. The third-order valence-electron chi connectivity index (χ3n) is 7.28. The fraction of sp³-hybridized carbons (Fsp3) is 0.375. The third kappa shape index (κ3) is 10.4. The molecule has 244 valence electrons. The van der Waals surface area contributed by atoms with E-state index in [4.69, 9.17) is 23.2 Å². The van der Waals surface area contributed by atoms with Gasteiger partial charge in [0.05, 0.1) is 17.5 Å². The summed E-state index contributed by atoms with van der Waals surface area (Å²) in [6, 6.07) is 16.9. The zero-order valence-corrected chi connectivity index (χ0v) is 27.5. The molecule has 0 fully saturated rings. The van der Waals surface area contributed by atoms with Gasteiger partial charge in [0.25, 0.3) is 0 Å². The highest BCUT2D eigenvalue weighted by Crippen LogP contribution is 2.32. The quantitative estimate of drug-likeness (QED) is 0.196. The Morgan fingerprint density at radius 1 is 0.956 bits per heavy atom. The van der Waals surface area contributed by atoms with Gasteiger partial charge >= 0.3 is 6.18 Å². The van der Waals surface area contributed by atoms with E-state index in [9.17, 15) is 31.2 Å². The number of nitrogens with zero attached hydrogens (tertiary/aromatic N) is 2. The number of amides is 2. The molecule has 0 bridgehead atoms. The van der Waals surface area contributed by atoms with E-state index < -0.39 is 33.7 Å². The number of halogens is 5. The highest BCUT2D eigenvalue weighted by atomic mass is 35.5. The van der Waals surface area contributed by atoms with Gasteiger partial charge in [-0.2, -0.15) is 13.2 Å². The average Bonchev–Trinajstić information content (AvgIpc) is 2.97. The molecule has 3 aromatic rings. The molecule has 0 heterocycles. The van der Waals surface area contributed by atoms with E-state index in [1.54, 1.807) is 18.2 Å². The zero-order valence-electron chi connectivity index (χ0n) is 25.2. The highest BCUT2D eigenvalue weighted by Gasteiger charge is 2.33. The van der Waals surface area contributed by atoms with E-state index in [0.717, 1.165) is 34.3 Å². The number of benzene rings is 3. The Labute approximate surface area is 272 Å². The summed E-state index contributed by atoms with van der Waals surface area (Å²) < 4.78 is 66.1. The topological polar surface area (TPSA) is 86.8 Å². The summed E-state index contributed by atoms with van der Waals surface area (Å²) in [5.74, 6) is -0.866. The first-order chi connectivity index (χ1) is 21.1. The van der Waals surface area contributed by atoms with E-state index in [1.807, 2.05) is 44.2 Å². The van der Waals surface area contributed by atoms with E-state index in [-0.39, 0.29) is 50.0 Å². The number of hydrogen-bond donors (Lipinski definition) is 1. The van der Waals surface area contributed by atoms with Crippen LogP contribution >= 0.6 is 23.2 Å². The minimum Gasteiger partial charge on any atom is -0.352 e. The van der Waals surface area contributed by atoms with Gasteiger partial charge < -0.3 is 10.2 Å². The van der Waals surface area contributed by atoms with Crippen molar-refractivity contribution in [2.75, 3.05) is 17.1 Å². The lowest BCUT2D eigenvalue weighted by molar-refractivity contribution is -0.141. The maximum absolute atomic E-state index is 14.0. The summed E-state index contributed by atoms with van der Waals surface area (Å²) in [6.07, 6.45) is -3.20. The van der Waals surface area contributed by atoms with Crippen LogP contribution < -0.4 is 9.62 Å². The van der Waals surface area contributed by atoms with E-state index in [1.165, 1.54) is 11.0 Å². The minimum atomic E-state index is -4.67. The molecule has 3 rings (SSSR count). The molecule has 2 atom stereocenters. The van der Waals surface area contributed by atoms with Crippen molar-refractivity contribution in [1.29, 1.82) is 0 Å². The fourth-order valence-electron chi connectivity index (χ4n) is 4.69. The van der Waals surface area contributed by atoms with Gasteiger partial charge in [-0.25, -0.2) is 8.42 Å². The van der Waals surface area contributed by atoms with Crippen LogP contribution in [0.5, 0.6) is 0 Å². The molecule has 0 aliphatic heterocycles. The summed E-state index contributed by atoms with van der Waals surface area (Å²) in [4.78, 5) is 29.0. The van der Waals surface area contributed by atoms with E-state index in [0.29, 0.717) is 22.0 Å². The molecule has 7 nitrogen and oxygen atoms in total. The van der Waals surface area contributed by atoms with Gasteiger partial charge in [0.15, 0.2) is 0 Å². The van der Waals surface area contributed by atoms with Crippen molar-refractivity contribution in [3.8, 4) is 0 Å². The molecule has 0 aliphatic carbocycles. The Hall–Kier alpha value is -3.28. The first-order valence-corrected chi connectivity index (χ1v) is 16.9. The Balaban J connectivity index is 1.95. The summed E-state index contributed by atoms with van der Waals surface area (Å²) in [5, 5.41) is 3.55. The summed E-state index contributed by atoms with van der Waals surface area (Å²) in [5.41, 5.74) is 0.0703. The molecule has 0 spiro atoms. The number of hydrogen-bond acceptors (Lipinski definition) is 4. The van der Waals surface area contributed by atoms with Crippen molar-refractivity contribution in [2.45, 2.75) is 64.3 Å². The van der Waals surface area contributed by atoms with Crippen molar-refractivity contribution >= 4 is 50.7 Å². The Bertz CT molecular complexity index is 1550. The molecule has 0 aliphatic rings. The van der Waals surface area contributed by atoms with Gasteiger partial charge in [-0.3, -0.25) is 13.9 Å². The number of nitrogens with one attached hydrogen (secondary N) is 1. The smallest absolute Gasteiger partial charge is 0.352 e. The molecule has 3 aromatic carbocycles. The van der Waals surface area contributed by atoms with Gasteiger partial charge in [-0.15, -0.1) is 0 Å². The zero-order chi connectivity index (χ0) is 33.4. The SMILES string of the molecule is CC[C@H](C)NC(=O)[C@@H](Cc1ccccc1)N(Cc1c(Cl)cccc1Cl)C(=O)CCCN(c1cccc(C(F)(F)F)c1)S(C)(=O)=O. The monoisotopic (exact) mass is 685 g/mol. The third-order valence-corrected chi connectivity index (χ3v) is 9.18. The first-order valence-electron chi connectivity index (χ1n) is 14.3. The van der Waals surface area contributed by atoms with Crippen LogP contribution in [0.25, 0.3) is 0 Å². The van der Waals surface area contributed by atoms with Gasteiger partial charge in [-0.1, -0.05) is 72.6 Å². The average molecular weight is 687 g/mol. The van der Waals surface area contributed by atoms with Crippen molar-refractivity contribution in [3.63, 3.8) is 0 Å². The summed E-state index contributed by atoms with van der Waals surface area (Å²) in [6.45, 7) is 3.39. The Kier molecular flexibility index (Phi) is 12.7. The molecular weight excluding hydrogens is 650 g/mol. The van der Waals surface area contributed by atoms with Crippen LogP contribution in [-0.4, -0.2) is 50.0 Å². The van der Waals surface area contributed by atoms with Crippen LogP contribution in [0.4, 0.5) is 18.9 Å². The minimum absolute atomic E-state index is 0.0417. The van der Waals surface area contributed by atoms with Crippen molar-refractivity contribution < 1.29 is 31.2 Å². The van der Waals surface area contributed by atoms with Gasteiger partial charge in [-0.05, 0) is 55.7 Å². The Morgan fingerprint density at radius 2 is 1.58 bits per heavy atom.